The average molecular weight is 282 g/mol. The van der Waals surface area contributed by atoms with Crippen molar-refractivity contribution in [2.75, 3.05) is 18.5 Å². The van der Waals surface area contributed by atoms with Gasteiger partial charge in [0.15, 0.2) is 0 Å². The first-order valence-electron chi connectivity index (χ1n) is 6.79. The number of hydrogen-bond donors (Lipinski definition) is 1. The maximum atomic E-state index is 13.0. The van der Waals surface area contributed by atoms with E-state index in [1.807, 2.05) is 36.4 Å². The highest BCUT2D eigenvalue weighted by atomic mass is 19.1. The van der Waals surface area contributed by atoms with Crippen molar-refractivity contribution in [3.63, 3.8) is 0 Å². The zero-order valence-corrected chi connectivity index (χ0v) is 11.4. The van der Waals surface area contributed by atoms with Gasteiger partial charge in [0.2, 0.25) is 0 Å². The fraction of sp³-hybridized carbons (Fsp3) is 0.118. The van der Waals surface area contributed by atoms with E-state index in [0.29, 0.717) is 13.2 Å². The first kappa shape index (κ1) is 13.4. The normalized spacial score (nSPS) is 10.5. The summed E-state index contributed by atoms with van der Waals surface area (Å²) in [5.74, 6) is 0.508. The molecule has 0 atom stereocenters. The summed E-state index contributed by atoms with van der Waals surface area (Å²) in [4.78, 5) is 4.33. The van der Waals surface area contributed by atoms with Gasteiger partial charge in [-0.15, -0.1) is 0 Å². The van der Waals surface area contributed by atoms with Crippen LogP contribution in [0.25, 0.3) is 10.9 Å². The van der Waals surface area contributed by atoms with Gasteiger partial charge in [-0.1, -0.05) is 24.3 Å². The zero-order valence-electron chi connectivity index (χ0n) is 11.4. The predicted octanol–water partition coefficient (Wildman–Crippen LogP) is 3.86. The molecule has 0 amide bonds. The molecular formula is C17H15FN2O. The van der Waals surface area contributed by atoms with E-state index in [1.54, 1.807) is 12.3 Å². The molecule has 3 rings (SSSR count). The minimum atomic E-state index is -0.251. The highest BCUT2D eigenvalue weighted by Crippen LogP contribution is 2.22. The number of benzene rings is 2. The van der Waals surface area contributed by atoms with Gasteiger partial charge in [-0.25, -0.2) is 4.39 Å². The van der Waals surface area contributed by atoms with E-state index >= 15 is 0 Å². The molecule has 0 bridgehead atoms. The van der Waals surface area contributed by atoms with Gasteiger partial charge in [0, 0.05) is 23.8 Å². The Balaban J connectivity index is 1.60. The van der Waals surface area contributed by atoms with E-state index in [0.717, 1.165) is 22.3 Å². The van der Waals surface area contributed by atoms with Gasteiger partial charge in [-0.3, -0.25) is 4.98 Å². The quantitative estimate of drug-likeness (QED) is 0.721. The lowest BCUT2D eigenvalue weighted by molar-refractivity contribution is 0.336. The summed E-state index contributed by atoms with van der Waals surface area (Å²) in [6.45, 7) is 1.07. The first-order valence-corrected chi connectivity index (χ1v) is 6.79. The summed E-state index contributed by atoms with van der Waals surface area (Å²) in [5, 5.41) is 4.17. The molecular weight excluding hydrogens is 267 g/mol. The molecule has 4 heteroatoms. The molecule has 0 radical (unpaired) electrons. The van der Waals surface area contributed by atoms with Crippen molar-refractivity contribution in [2.45, 2.75) is 0 Å². The molecule has 0 spiro atoms. The van der Waals surface area contributed by atoms with E-state index in [2.05, 4.69) is 10.3 Å². The molecule has 0 aliphatic rings. The van der Waals surface area contributed by atoms with Crippen LogP contribution in [0.15, 0.2) is 60.8 Å². The number of ether oxygens (including phenoxy) is 1. The number of nitrogens with one attached hydrogen (secondary N) is 1. The highest BCUT2D eigenvalue weighted by molar-refractivity contribution is 5.84. The lowest BCUT2D eigenvalue weighted by atomic mass is 10.2. The summed E-state index contributed by atoms with van der Waals surface area (Å²) >= 11 is 0. The molecule has 0 aliphatic carbocycles. The molecule has 0 saturated carbocycles. The van der Waals surface area contributed by atoms with Gasteiger partial charge < -0.3 is 10.1 Å². The Morgan fingerprint density at radius 1 is 1.05 bits per heavy atom. The molecule has 1 heterocycles. The number of aromatic nitrogens is 1. The third-order valence-corrected chi connectivity index (χ3v) is 3.11. The van der Waals surface area contributed by atoms with E-state index in [9.17, 15) is 4.39 Å². The van der Waals surface area contributed by atoms with Crippen molar-refractivity contribution in [3.8, 4) is 5.75 Å². The van der Waals surface area contributed by atoms with Crippen LogP contribution in [0.3, 0.4) is 0 Å². The van der Waals surface area contributed by atoms with Crippen molar-refractivity contribution in [1.82, 2.24) is 4.98 Å². The van der Waals surface area contributed by atoms with Gasteiger partial charge in [0.25, 0.3) is 0 Å². The summed E-state index contributed by atoms with van der Waals surface area (Å²) in [6.07, 6.45) is 1.75. The number of fused-ring (bicyclic) bond motifs is 1. The van der Waals surface area contributed by atoms with Crippen LogP contribution < -0.4 is 10.1 Å². The van der Waals surface area contributed by atoms with Gasteiger partial charge in [0.05, 0.1) is 0 Å². The SMILES string of the molecule is Fc1cccc(NCCOc2cccc3cccnc23)c1. The van der Waals surface area contributed by atoms with Gasteiger partial charge in [0.1, 0.15) is 23.7 Å². The van der Waals surface area contributed by atoms with E-state index in [-0.39, 0.29) is 5.82 Å². The van der Waals surface area contributed by atoms with Crippen LogP contribution in [0, 0.1) is 5.82 Å². The molecule has 0 unspecified atom stereocenters. The van der Waals surface area contributed by atoms with Crippen LogP contribution in [0.4, 0.5) is 10.1 Å². The molecule has 21 heavy (non-hydrogen) atoms. The fourth-order valence-corrected chi connectivity index (χ4v) is 2.15. The number of halogens is 1. The first-order chi connectivity index (χ1) is 10.3. The van der Waals surface area contributed by atoms with E-state index < -0.39 is 0 Å². The Morgan fingerprint density at radius 2 is 1.90 bits per heavy atom. The van der Waals surface area contributed by atoms with Crippen molar-refractivity contribution >= 4 is 16.6 Å². The van der Waals surface area contributed by atoms with Crippen molar-refractivity contribution < 1.29 is 9.13 Å². The molecule has 3 nitrogen and oxygen atoms in total. The second-order valence-electron chi connectivity index (χ2n) is 4.62. The summed E-state index contributed by atoms with van der Waals surface area (Å²) in [7, 11) is 0. The molecule has 3 aromatic rings. The average Bonchev–Trinajstić information content (AvgIpc) is 2.52. The minimum absolute atomic E-state index is 0.251. The zero-order chi connectivity index (χ0) is 14.5. The summed E-state index contributed by atoms with van der Waals surface area (Å²) in [5.41, 5.74) is 1.60. The van der Waals surface area contributed by atoms with Crippen molar-refractivity contribution in [3.05, 3.63) is 66.6 Å². The molecule has 0 aliphatic heterocycles. The maximum Gasteiger partial charge on any atom is 0.145 e. The summed E-state index contributed by atoms with van der Waals surface area (Å²) < 4.78 is 18.8. The third-order valence-electron chi connectivity index (χ3n) is 3.11. The molecule has 2 aromatic carbocycles. The van der Waals surface area contributed by atoms with E-state index in [1.165, 1.54) is 12.1 Å². The molecule has 0 saturated heterocycles. The maximum absolute atomic E-state index is 13.0. The van der Waals surface area contributed by atoms with Crippen molar-refractivity contribution in [1.29, 1.82) is 0 Å². The Bertz CT molecular complexity index is 740. The molecule has 1 N–H and O–H groups in total. The number of nitrogens with zero attached hydrogens (tertiary/aromatic N) is 1. The minimum Gasteiger partial charge on any atom is -0.489 e. The molecule has 0 fully saturated rings. The van der Waals surface area contributed by atoms with Crippen LogP contribution in [-0.2, 0) is 0 Å². The van der Waals surface area contributed by atoms with Crippen molar-refractivity contribution in [2.24, 2.45) is 0 Å². The fourth-order valence-electron chi connectivity index (χ4n) is 2.15. The standard InChI is InChI=1S/C17H15FN2O/c18-14-6-2-7-15(12-14)19-10-11-21-16-8-1-4-13-5-3-9-20-17(13)16/h1-9,12,19H,10-11H2. The van der Waals surface area contributed by atoms with E-state index in [4.69, 9.17) is 4.74 Å². The largest absolute Gasteiger partial charge is 0.489 e. The second-order valence-corrected chi connectivity index (χ2v) is 4.62. The van der Waals surface area contributed by atoms with Crippen LogP contribution in [-0.4, -0.2) is 18.1 Å². The number of rotatable bonds is 5. The number of anilines is 1. The number of pyridine rings is 1. The molecule has 106 valence electrons. The topological polar surface area (TPSA) is 34.1 Å². The highest BCUT2D eigenvalue weighted by Gasteiger charge is 2.02. The number of para-hydroxylation sites is 1. The Labute approximate surface area is 122 Å². The Hall–Kier alpha value is -2.62. The van der Waals surface area contributed by atoms with Crippen LogP contribution >= 0.6 is 0 Å². The monoisotopic (exact) mass is 282 g/mol. The van der Waals surface area contributed by atoms with Gasteiger partial charge in [-0.05, 0) is 30.3 Å². The lowest BCUT2D eigenvalue weighted by Gasteiger charge is -2.10. The predicted molar refractivity (Wildman–Crippen MR) is 82.1 cm³/mol. The third kappa shape index (κ3) is 3.28. The Kier molecular flexibility index (Phi) is 3.96. The van der Waals surface area contributed by atoms with Gasteiger partial charge >= 0.3 is 0 Å². The smallest absolute Gasteiger partial charge is 0.145 e. The van der Waals surface area contributed by atoms with Crippen LogP contribution in [0.1, 0.15) is 0 Å². The number of hydrogen-bond acceptors (Lipinski definition) is 3. The van der Waals surface area contributed by atoms with Crippen LogP contribution in [0.2, 0.25) is 0 Å². The van der Waals surface area contributed by atoms with Gasteiger partial charge in [-0.2, -0.15) is 0 Å². The summed E-state index contributed by atoms with van der Waals surface area (Å²) in [6, 6.07) is 16.1. The Morgan fingerprint density at radius 3 is 2.81 bits per heavy atom. The van der Waals surface area contributed by atoms with Crippen LogP contribution in [0.5, 0.6) is 5.75 Å². The lowest BCUT2D eigenvalue weighted by Crippen LogP contribution is -2.11. The second kappa shape index (κ2) is 6.22. The molecule has 1 aromatic heterocycles.